The van der Waals surface area contributed by atoms with Crippen LogP contribution in [0.15, 0.2) is 78.9 Å². The molecule has 0 aliphatic heterocycles. The molecule has 3 N–H and O–H groups in total. The molecule has 192 valence electrons. The molecule has 0 unspecified atom stereocenters. The topological polar surface area (TPSA) is 120 Å². The van der Waals surface area contributed by atoms with Gasteiger partial charge in [0.25, 0.3) is 16.1 Å². The van der Waals surface area contributed by atoms with E-state index >= 15 is 0 Å². The highest BCUT2D eigenvalue weighted by molar-refractivity contribution is 7.90. The molecular weight excluding hydrogens is 488 g/mol. The molecule has 1 aliphatic rings. The fourth-order valence-corrected chi connectivity index (χ4v) is 6.05. The average Bonchev–Trinajstić information content (AvgIpc) is 2.92. The van der Waals surface area contributed by atoms with Crippen molar-refractivity contribution in [1.29, 1.82) is 5.26 Å². The van der Waals surface area contributed by atoms with Crippen molar-refractivity contribution in [2.75, 3.05) is 18.4 Å². The first-order valence-corrected chi connectivity index (χ1v) is 13.6. The van der Waals surface area contributed by atoms with Gasteiger partial charge in [-0.15, -0.1) is 0 Å². The maximum absolute atomic E-state index is 13.0. The van der Waals surface area contributed by atoms with Crippen LogP contribution >= 0.6 is 0 Å². The number of methoxy groups -OCH3 is 1. The summed E-state index contributed by atoms with van der Waals surface area (Å²) in [6.45, 7) is 0.423. The average molecular weight is 519 g/mol. The summed E-state index contributed by atoms with van der Waals surface area (Å²) in [6.07, 6.45) is 2.61. The molecule has 9 heteroatoms. The molecule has 0 radical (unpaired) electrons. The Hall–Kier alpha value is -3.87. The molecule has 1 saturated carbocycles. The van der Waals surface area contributed by atoms with Gasteiger partial charge in [0, 0.05) is 18.0 Å². The van der Waals surface area contributed by atoms with Crippen LogP contribution in [0.3, 0.4) is 0 Å². The molecule has 1 fully saturated rings. The fourth-order valence-electron chi connectivity index (χ4n) is 4.88. The van der Waals surface area contributed by atoms with Crippen molar-refractivity contribution in [1.82, 2.24) is 10.0 Å². The number of anilines is 1. The van der Waals surface area contributed by atoms with Crippen molar-refractivity contribution in [2.45, 2.75) is 37.1 Å². The molecule has 1 amide bonds. The molecule has 4 rings (SSSR count). The number of amides is 1. The van der Waals surface area contributed by atoms with E-state index in [2.05, 4.69) is 26.9 Å². The van der Waals surface area contributed by atoms with Gasteiger partial charge in [0.05, 0.1) is 30.0 Å². The van der Waals surface area contributed by atoms with Gasteiger partial charge in [0.15, 0.2) is 0 Å². The highest BCUT2D eigenvalue weighted by atomic mass is 32.2. The molecule has 37 heavy (non-hydrogen) atoms. The van der Waals surface area contributed by atoms with Gasteiger partial charge in [0.2, 0.25) is 0 Å². The molecule has 0 atom stereocenters. The first kappa shape index (κ1) is 26.2. The van der Waals surface area contributed by atoms with E-state index in [0.29, 0.717) is 54.8 Å². The zero-order valence-electron chi connectivity index (χ0n) is 20.6. The lowest BCUT2D eigenvalue weighted by Crippen LogP contribution is -2.48. The predicted molar refractivity (Wildman–Crippen MR) is 143 cm³/mol. The number of benzene rings is 3. The van der Waals surface area contributed by atoms with Crippen molar-refractivity contribution >= 4 is 21.8 Å². The van der Waals surface area contributed by atoms with E-state index in [1.807, 2.05) is 30.3 Å². The van der Waals surface area contributed by atoms with E-state index in [9.17, 15) is 13.2 Å². The Morgan fingerprint density at radius 2 is 1.73 bits per heavy atom. The number of rotatable bonds is 9. The number of nitrogens with zero attached hydrogens (tertiary/aromatic N) is 1. The van der Waals surface area contributed by atoms with Gasteiger partial charge >= 0.3 is 0 Å². The molecule has 0 spiro atoms. The van der Waals surface area contributed by atoms with E-state index in [1.54, 1.807) is 36.4 Å². The summed E-state index contributed by atoms with van der Waals surface area (Å²) in [5, 5.41) is 12.2. The summed E-state index contributed by atoms with van der Waals surface area (Å²) in [7, 11) is -2.29. The second-order valence-electron chi connectivity index (χ2n) is 9.22. The summed E-state index contributed by atoms with van der Waals surface area (Å²) in [6, 6.07) is 25.2. The quantitative estimate of drug-likeness (QED) is 0.394. The standard InChI is InChI=1S/C28H30N4O4S/c1-36-26-13-6-5-12-25(26)27(33)30-20-28(22-9-3-2-4-10-22)16-14-23(15-17-28)31-37(34,35)32-24-11-7-8-21(18-24)19-29/h2-13,18,23,31-32H,14-17,20H2,1H3,(H,30,33)/t23-,28-. The van der Waals surface area contributed by atoms with Crippen LogP contribution in [-0.4, -0.2) is 34.0 Å². The van der Waals surface area contributed by atoms with Gasteiger partial charge in [0.1, 0.15) is 5.75 Å². The minimum absolute atomic E-state index is 0.209. The first-order chi connectivity index (χ1) is 17.8. The van der Waals surface area contributed by atoms with Gasteiger partial charge in [-0.3, -0.25) is 9.52 Å². The van der Waals surface area contributed by atoms with Crippen LogP contribution < -0.4 is 19.5 Å². The Labute approximate surface area is 217 Å². The summed E-state index contributed by atoms with van der Waals surface area (Å²) in [5.74, 6) is 0.305. The summed E-state index contributed by atoms with van der Waals surface area (Å²) in [4.78, 5) is 13.0. The molecule has 0 bridgehead atoms. The van der Waals surface area contributed by atoms with Crippen LogP contribution in [-0.2, 0) is 15.6 Å². The lowest BCUT2D eigenvalue weighted by atomic mass is 9.68. The Morgan fingerprint density at radius 3 is 2.43 bits per heavy atom. The van der Waals surface area contributed by atoms with Crippen LogP contribution in [0.25, 0.3) is 0 Å². The number of nitrogens with one attached hydrogen (secondary N) is 3. The monoisotopic (exact) mass is 518 g/mol. The number of carbonyl (C=O) groups is 1. The molecule has 0 heterocycles. The van der Waals surface area contributed by atoms with E-state index in [0.717, 1.165) is 5.56 Å². The third-order valence-corrected chi connectivity index (χ3v) is 7.98. The Balaban J connectivity index is 1.44. The van der Waals surface area contributed by atoms with Crippen molar-refractivity contribution in [2.24, 2.45) is 0 Å². The van der Waals surface area contributed by atoms with Crippen LogP contribution in [0.4, 0.5) is 5.69 Å². The van der Waals surface area contributed by atoms with Gasteiger partial charge in [-0.2, -0.15) is 18.4 Å². The summed E-state index contributed by atoms with van der Waals surface area (Å²) < 4.78 is 36.1. The van der Waals surface area contributed by atoms with Crippen molar-refractivity contribution in [3.05, 3.63) is 95.6 Å². The molecular formula is C28H30N4O4S. The second-order valence-corrected chi connectivity index (χ2v) is 10.7. The van der Waals surface area contributed by atoms with Crippen LogP contribution in [0.1, 0.15) is 47.2 Å². The molecule has 0 aromatic heterocycles. The molecule has 8 nitrogen and oxygen atoms in total. The van der Waals surface area contributed by atoms with E-state index in [4.69, 9.17) is 10.00 Å². The van der Waals surface area contributed by atoms with Gasteiger partial charge in [-0.1, -0.05) is 48.5 Å². The highest BCUT2D eigenvalue weighted by Crippen LogP contribution is 2.39. The van der Waals surface area contributed by atoms with Gasteiger partial charge < -0.3 is 10.1 Å². The zero-order chi connectivity index (χ0) is 26.3. The van der Waals surface area contributed by atoms with E-state index in [-0.39, 0.29) is 17.4 Å². The lowest BCUT2D eigenvalue weighted by molar-refractivity contribution is 0.0932. The normalized spacial score (nSPS) is 19.4. The van der Waals surface area contributed by atoms with E-state index in [1.165, 1.54) is 13.2 Å². The summed E-state index contributed by atoms with van der Waals surface area (Å²) in [5.41, 5.74) is 1.97. The van der Waals surface area contributed by atoms with Crippen LogP contribution in [0, 0.1) is 11.3 Å². The molecule has 1 aliphatic carbocycles. The third kappa shape index (κ3) is 6.47. The third-order valence-electron chi connectivity index (χ3n) is 6.83. The predicted octanol–water partition coefficient (Wildman–Crippen LogP) is 4.12. The van der Waals surface area contributed by atoms with Crippen LogP contribution in [0.5, 0.6) is 5.75 Å². The van der Waals surface area contributed by atoms with Crippen molar-refractivity contribution in [3.63, 3.8) is 0 Å². The number of carbonyl (C=O) groups excluding carboxylic acids is 1. The molecule has 3 aromatic carbocycles. The number of para-hydroxylation sites is 1. The number of nitriles is 1. The number of hydrogen-bond donors (Lipinski definition) is 3. The smallest absolute Gasteiger partial charge is 0.299 e. The second kappa shape index (κ2) is 11.5. The van der Waals surface area contributed by atoms with Crippen molar-refractivity contribution < 1.29 is 17.9 Å². The lowest BCUT2D eigenvalue weighted by Gasteiger charge is -2.41. The number of hydrogen-bond acceptors (Lipinski definition) is 5. The Bertz CT molecular complexity index is 1380. The largest absolute Gasteiger partial charge is 0.496 e. The maximum Gasteiger partial charge on any atom is 0.299 e. The fraction of sp³-hybridized carbons (Fsp3) is 0.286. The van der Waals surface area contributed by atoms with Gasteiger partial charge in [-0.05, 0) is 61.6 Å². The first-order valence-electron chi connectivity index (χ1n) is 12.1. The minimum Gasteiger partial charge on any atom is -0.496 e. The van der Waals surface area contributed by atoms with Gasteiger partial charge in [-0.25, -0.2) is 0 Å². The maximum atomic E-state index is 13.0. The highest BCUT2D eigenvalue weighted by Gasteiger charge is 2.38. The summed E-state index contributed by atoms with van der Waals surface area (Å²) >= 11 is 0. The molecule has 0 saturated heterocycles. The van der Waals surface area contributed by atoms with Crippen molar-refractivity contribution in [3.8, 4) is 11.8 Å². The molecule has 3 aromatic rings. The SMILES string of the molecule is COc1ccccc1C(=O)NC[C@]1(c2ccccc2)CC[C@H](NS(=O)(=O)Nc2cccc(C#N)c2)CC1. The van der Waals surface area contributed by atoms with E-state index < -0.39 is 10.2 Å². The zero-order valence-corrected chi connectivity index (χ0v) is 21.4. The minimum atomic E-state index is -3.82. The van der Waals surface area contributed by atoms with Crippen LogP contribution in [0.2, 0.25) is 0 Å². The Kier molecular flexibility index (Phi) is 8.11. The number of ether oxygens (including phenoxy) is 1. The Morgan fingerprint density at radius 1 is 1.03 bits per heavy atom.